The van der Waals surface area contributed by atoms with Gasteiger partial charge in [-0.05, 0) is 84.8 Å². The summed E-state index contributed by atoms with van der Waals surface area (Å²) in [6.07, 6.45) is 7.14. The summed E-state index contributed by atoms with van der Waals surface area (Å²) >= 11 is 7.13. The SMILES string of the molecule is C=C.CCN1/C(=C\CC2=C(Cl)C(=C=CC3=[N+](CCCS(=O)(=O)[O-])c4ccc5ccccc5c4C3(C)C)CC2)C(C)(C)c2c1ccc1ccccc21. The number of halogens is 1. The minimum atomic E-state index is -4.31. The Morgan fingerprint density at radius 2 is 1.53 bits per heavy atom. The van der Waals surface area contributed by atoms with Gasteiger partial charge in [-0.3, -0.25) is 0 Å². The Labute approximate surface area is 308 Å². The van der Waals surface area contributed by atoms with E-state index >= 15 is 0 Å². The van der Waals surface area contributed by atoms with Crippen LogP contribution < -0.4 is 4.90 Å². The molecule has 5 nitrogen and oxygen atoms in total. The summed E-state index contributed by atoms with van der Waals surface area (Å²) in [6.45, 7) is 18.6. The van der Waals surface area contributed by atoms with Crippen molar-refractivity contribution < 1.29 is 17.5 Å². The predicted octanol–water partition coefficient (Wildman–Crippen LogP) is 10.6. The Morgan fingerprint density at radius 3 is 2.18 bits per heavy atom. The third kappa shape index (κ3) is 6.56. The third-order valence-corrected chi connectivity index (χ3v) is 12.1. The maximum Gasteiger partial charge on any atom is 0.210 e. The lowest BCUT2D eigenvalue weighted by atomic mass is 9.79. The van der Waals surface area contributed by atoms with Crippen LogP contribution in [-0.2, 0) is 20.9 Å². The fourth-order valence-corrected chi connectivity index (χ4v) is 9.29. The zero-order valence-corrected chi connectivity index (χ0v) is 31.9. The first-order valence-electron chi connectivity index (χ1n) is 17.8. The molecule has 7 rings (SSSR count). The molecule has 0 spiro atoms. The lowest BCUT2D eigenvalue weighted by Gasteiger charge is -2.26. The van der Waals surface area contributed by atoms with Crippen LogP contribution in [0.2, 0.25) is 0 Å². The summed E-state index contributed by atoms with van der Waals surface area (Å²) in [5.74, 6) is -0.397. The van der Waals surface area contributed by atoms with E-state index in [-0.39, 0.29) is 17.3 Å². The highest BCUT2D eigenvalue weighted by atomic mass is 35.5. The first-order chi connectivity index (χ1) is 24.3. The van der Waals surface area contributed by atoms with Crippen molar-refractivity contribution in [2.45, 2.75) is 71.1 Å². The molecule has 3 aliphatic rings. The number of hydrogen-bond donors (Lipinski definition) is 0. The van der Waals surface area contributed by atoms with Crippen molar-refractivity contribution in [2.75, 3.05) is 23.7 Å². The van der Waals surface area contributed by atoms with Crippen LogP contribution in [0.15, 0.2) is 126 Å². The monoisotopic (exact) mass is 718 g/mol. The first-order valence-corrected chi connectivity index (χ1v) is 19.7. The molecular weight excluding hydrogens is 672 g/mol. The Hall–Kier alpha value is -4.19. The molecule has 0 N–H and O–H groups in total. The van der Waals surface area contributed by atoms with Crippen LogP contribution in [0.25, 0.3) is 21.5 Å². The van der Waals surface area contributed by atoms with E-state index in [2.05, 4.69) is 136 Å². The summed E-state index contributed by atoms with van der Waals surface area (Å²) in [4.78, 5) is 2.45. The van der Waals surface area contributed by atoms with Gasteiger partial charge in [0, 0.05) is 58.8 Å². The molecule has 51 heavy (non-hydrogen) atoms. The Morgan fingerprint density at radius 1 is 0.902 bits per heavy atom. The fourth-order valence-electron chi connectivity index (χ4n) is 8.49. The van der Waals surface area contributed by atoms with Crippen LogP contribution >= 0.6 is 11.6 Å². The van der Waals surface area contributed by atoms with Gasteiger partial charge < -0.3 is 9.45 Å². The minimum Gasteiger partial charge on any atom is -0.748 e. The number of rotatable bonds is 8. The molecule has 7 heteroatoms. The van der Waals surface area contributed by atoms with Gasteiger partial charge in [0.1, 0.15) is 6.54 Å². The maximum atomic E-state index is 11.5. The average molecular weight is 719 g/mol. The lowest BCUT2D eigenvalue weighted by Crippen LogP contribution is -2.28. The van der Waals surface area contributed by atoms with Crippen molar-refractivity contribution in [3.63, 3.8) is 0 Å². The lowest BCUT2D eigenvalue weighted by molar-refractivity contribution is -0.437. The first kappa shape index (κ1) is 36.6. The third-order valence-electron chi connectivity index (χ3n) is 10.8. The molecule has 0 amide bonds. The minimum absolute atomic E-state index is 0.144. The normalized spacial score (nSPS) is 18.3. The van der Waals surface area contributed by atoms with E-state index < -0.39 is 15.9 Å². The zero-order valence-electron chi connectivity index (χ0n) is 30.4. The number of nitrogens with zero attached hydrogens (tertiary/aromatic N) is 2. The van der Waals surface area contributed by atoms with Gasteiger partial charge in [0.15, 0.2) is 5.71 Å². The molecule has 0 fully saturated rings. The summed E-state index contributed by atoms with van der Waals surface area (Å²) in [6, 6.07) is 25.7. The second kappa shape index (κ2) is 14.1. The van der Waals surface area contributed by atoms with Crippen molar-refractivity contribution in [1.82, 2.24) is 0 Å². The molecule has 1 aliphatic carbocycles. The van der Waals surface area contributed by atoms with Crippen molar-refractivity contribution in [3.05, 3.63) is 137 Å². The van der Waals surface area contributed by atoms with Crippen LogP contribution in [-0.4, -0.2) is 42.1 Å². The quantitative estimate of drug-likeness (QED) is 0.0787. The molecule has 2 aliphatic heterocycles. The number of anilines is 1. The smallest absolute Gasteiger partial charge is 0.210 e. The van der Waals surface area contributed by atoms with Gasteiger partial charge in [-0.1, -0.05) is 86.1 Å². The summed E-state index contributed by atoms with van der Waals surface area (Å²) < 4.78 is 36.6. The van der Waals surface area contributed by atoms with Crippen LogP contribution in [0.5, 0.6) is 0 Å². The van der Waals surface area contributed by atoms with Crippen molar-refractivity contribution in [1.29, 1.82) is 0 Å². The summed E-state index contributed by atoms with van der Waals surface area (Å²) in [7, 11) is -4.31. The highest BCUT2D eigenvalue weighted by molar-refractivity contribution is 7.85. The van der Waals surface area contributed by atoms with E-state index in [0.717, 1.165) is 53.2 Å². The Kier molecular flexibility index (Phi) is 10.1. The highest BCUT2D eigenvalue weighted by Crippen LogP contribution is 2.51. The average Bonchev–Trinajstić information content (AvgIpc) is 3.65. The standard InChI is InChI=1S/C42H43ClN2O3S.C2H4/c1-6-44-34-22-18-28-12-7-9-14-32(28)38(34)41(2,3)36(44)24-20-30-16-17-31(40(30)43)21-25-37-42(4,5)39-33-15-10-8-13-29(33)19-23-35(39)45(37)26-11-27-49(46,47)48;1-2/h7-10,12-15,18-19,22-25H,6,11,16-17,20,26-27H2,1-5H3;1-2H2/b36-24-;. The second-order valence-electron chi connectivity index (χ2n) is 14.5. The molecule has 0 saturated heterocycles. The molecule has 0 saturated carbocycles. The second-order valence-corrected chi connectivity index (χ2v) is 16.4. The van der Waals surface area contributed by atoms with Gasteiger partial charge in [0.25, 0.3) is 0 Å². The fraction of sp³-hybridized carbons (Fsp3) is 0.318. The van der Waals surface area contributed by atoms with E-state index in [4.69, 9.17) is 11.6 Å². The molecule has 264 valence electrons. The van der Waals surface area contributed by atoms with E-state index in [1.54, 1.807) is 0 Å². The number of hydrogen-bond acceptors (Lipinski definition) is 4. The molecule has 2 heterocycles. The number of allylic oxidation sites excluding steroid dienone is 5. The summed E-state index contributed by atoms with van der Waals surface area (Å²) in [5, 5.41) is 5.69. The van der Waals surface area contributed by atoms with Gasteiger partial charge >= 0.3 is 0 Å². The van der Waals surface area contributed by atoms with Crippen LogP contribution in [0.1, 0.15) is 71.4 Å². The van der Waals surface area contributed by atoms with Crippen LogP contribution in [0, 0.1) is 0 Å². The van der Waals surface area contributed by atoms with Crippen molar-refractivity contribution in [2.24, 2.45) is 0 Å². The number of likely N-dealkylation sites (N-methyl/N-ethyl adjacent to an activating group) is 1. The maximum absolute atomic E-state index is 11.5. The molecule has 4 aromatic carbocycles. The molecule has 0 atom stereocenters. The molecule has 0 aromatic heterocycles. The van der Waals surface area contributed by atoms with E-state index in [9.17, 15) is 13.0 Å². The van der Waals surface area contributed by atoms with Crippen molar-refractivity contribution in [3.8, 4) is 0 Å². The van der Waals surface area contributed by atoms with E-state index in [1.165, 1.54) is 44.2 Å². The Bertz CT molecular complexity index is 2320. The molecule has 0 unspecified atom stereocenters. The Balaban J connectivity index is 0.00000220. The van der Waals surface area contributed by atoms with Crippen molar-refractivity contribution >= 4 is 60.4 Å². The number of benzene rings is 4. The van der Waals surface area contributed by atoms with Crippen LogP contribution in [0.4, 0.5) is 11.4 Å². The van der Waals surface area contributed by atoms with E-state index in [1.807, 2.05) is 12.1 Å². The predicted molar refractivity (Wildman–Crippen MR) is 214 cm³/mol. The van der Waals surface area contributed by atoms with Gasteiger partial charge in [0.05, 0.1) is 20.6 Å². The van der Waals surface area contributed by atoms with Gasteiger partial charge in [-0.2, -0.15) is 4.58 Å². The number of fused-ring (bicyclic) bond motifs is 6. The van der Waals surface area contributed by atoms with Gasteiger partial charge in [-0.25, -0.2) is 8.42 Å². The highest BCUT2D eigenvalue weighted by Gasteiger charge is 2.46. The zero-order chi connectivity index (χ0) is 36.7. The van der Waals surface area contributed by atoms with Gasteiger partial charge in [-0.15, -0.1) is 18.9 Å². The molecular formula is C44H47ClN2O3S. The molecule has 0 bridgehead atoms. The molecule has 0 radical (unpaired) electrons. The van der Waals surface area contributed by atoms with E-state index in [0.29, 0.717) is 6.54 Å². The summed E-state index contributed by atoms with van der Waals surface area (Å²) in [5.41, 5.74) is 12.5. The largest absolute Gasteiger partial charge is 0.748 e. The van der Waals surface area contributed by atoms with Crippen LogP contribution in [0.3, 0.4) is 0 Å². The molecule has 4 aromatic rings. The topological polar surface area (TPSA) is 63.5 Å². The van der Waals surface area contributed by atoms with Gasteiger partial charge in [0.2, 0.25) is 5.69 Å².